The Bertz CT molecular complexity index is 1200. The summed E-state index contributed by atoms with van der Waals surface area (Å²) in [4.78, 5) is 18.8. The first-order valence-electron chi connectivity index (χ1n) is 13.1. The molecule has 0 atom stereocenters. The number of aryl methyl sites for hydroxylation is 1. The highest BCUT2D eigenvalue weighted by atomic mass is 19.4. The van der Waals surface area contributed by atoms with E-state index in [0.717, 1.165) is 22.5 Å². The van der Waals surface area contributed by atoms with Gasteiger partial charge in [-0.05, 0) is 87.1 Å². The number of carbonyl (C=O) groups excluding carboxylic acids is 1. The first-order valence-corrected chi connectivity index (χ1v) is 13.1. The van der Waals surface area contributed by atoms with Crippen molar-refractivity contribution in [3.05, 3.63) is 83.6 Å². The second-order valence-corrected chi connectivity index (χ2v) is 9.69. The third-order valence-electron chi connectivity index (χ3n) is 6.02. The molecule has 0 amide bonds. The monoisotopic (exact) mass is 560 g/mol. The molecule has 0 aliphatic rings. The highest BCUT2D eigenvalue weighted by Crippen LogP contribution is 2.25. The number of carbonyl (C=O) groups is 1. The van der Waals surface area contributed by atoms with Crippen molar-refractivity contribution in [2.75, 3.05) is 24.7 Å². The Morgan fingerprint density at radius 1 is 0.875 bits per heavy atom. The first kappa shape index (κ1) is 30.7. The van der Waals surface area contributed by atoms with Gasteiger partial charge in [-0.2, -0.15) is 0 Å². The van der Waals surface area contributed by atoms with Gasteiger partial charge in [0.15, 0.2) is 5.60 Å². The second kappa shape index (κ2) is 14.0. The maximum absolute atomic E-state index is 12.5. The van der Waals surface area contributed by atoms with E-state index in [1.807, 2.05) is 29.2 Å². The van der Waals surface area contributed by atoms with Crippen LogP contribution in [-0.4, -0.2) is 47.8 Å². The summed E-state index contributed by atoms with van der Waals surface area (Å²) >= 11 is 0. The van der Waals surface area contributed by atoms with Gasteiger partial charge in [-0.3, -0.25) is 0 Å². The largest absolute Gasteiger partial charge is 0.573 e. The molecule has 3 aromatic rings. The molecule has 0 saturated heterocycles. The standard InChI is InChI=1S/C30H35F3N2O5/c1-4-38-28(37)29(2,3)39-25-12-7-22(8-13-25)17-18-35(27-16-11-23(20-34-27)6-5-19-36)21-24-9-14-26(15-10-24)40-30(31,32)33/h7-16,20,36H,4-6,17-19,21H2,1-3H3. The van der Waals surface area contributed by atoms with Crippen LogP contribution < -0.4 is 14.4 Å². The number of halogens is 3. The lowest BCUT2D eigenvalue weighted by atomic mass is 10.1. The third kappa shape index (κ3) is 9.75. The molecule has 1 aromatic heterocycles. The van der Waals surface area contributed by atoms with E-state index in [9.17, 15) is 18.0 Å². The molecule has 3 rings (SSSR count). The molecule has 0 spiro atoms. The van der Waals surface area contributed by atoms with Crippen molar-refractivity contribution in [1.82, 2.24) is 4.98 Å². The maximum Gasteiger partial charge on any atom is 0.573 e. The van der Waals surface area contributed by atoms with Gasteiger partial charge in [0, 0.05) is 25.9 Å². The maximum atomic E-state index is 12.5. The molecule has 2 aromatic carbocycles. The quantitative estimate of drug-likeness (QED) is 0.247. The Balaban J connectivity index is 1.71. The molecule has 216 valence electrons. The summed E-state index contributed by atoms with van der Waals surface area (Å²) in [6.45, 7) is 6.42. The first-order chi connectivity index (χ1) is 19.0. The van der Waals surface area contributed by atoms with Crippen LogP contribution in [0.4, 0.5) is 19.0 Å². The minimum Gasteiger partial charge on any atom is -0.476 e. The number of nitrogens with zero attached hydrogens (tertiary/aromatic N) is 2. The van der Waals surface area contributed by atoms with Crippen molar-refractivity contribution in [3.8, 4) is 11.5 Å². The molecule has 0 bridgehead atoms. The zero-order chi connectivity index (χ0) is 29.2. The number of esters is 1. The average molecular weight is 561 g/mol. The fourth-order valence-corrected chi connectivity index (χ4v) is 3.96. The summed E-state index contributed by atoms with van der Waals surface area (Å²) in [5, 5.41) is 9.08. The highest BCUT2D eigenvalue weighted by Gasteiger charge is 2.32. The van der Waals surface area contributed by atoms with Crippen molar-refractivity contribution in [1.29, 1.82) is 0 Å². The van der Waals surface area contributed by atoms with Crippen LogP contribution >= 0.6 is 0 Å². The Morgan fingerprint density at radius 3 is 2.02 bits per heavy atom. The summed E-state index contributed by atoms with van der Waals surface area (Å²) < 4.78 is 52.5. The van der Waals surface area contributed by atoms with Crippen LogP contribution in [0.3, 0.4) is 0 Å². The Hall–Kier alpha value is -3.79. The smallest absolute Gasteiger partial charge is 0.476 e. The van der Waals surface area contributed by atoms with Gasteiger partial charge in [-0.15, -0.1) is 13.2 Å². The van der Waals surface area contributed by atoms with Crippen molar-refractivity contribution in [3.63, 3.8) is 0 Å². The van der Waals surface area contributed by atoms with Crippen molar-refractivity contribution in [2.45, 2.75) is 58.5 Å². The van der Waals surface area contributed by atoms with Gasteiger partial charge in [-0.25, -0.2) is 9.78 Å². The molecule has 7 nitrogen and oxygen atoms in total. The number of hydrogen-bond donors (Lipinski definition) is 1. The summed E-state index contributed by atoms with van der Waals surface area (Å²) in [6, 6.07) is 17.1. The normalized spacial score (nSPS) is 11.7. The van der Waals surface area contributed by atoms with Crippen LogP contribution in [0, 0.1) is 0 Å². The van der Waals surface area contributed by atoms with Crippen LogP contribution in [0.1, 0.15) is 43.9 Å². The van der Waals surface area contributed by atoms with E-state index in [2.05, 4.69) is 9.72 Å². The van der Waals surface area contributed by atoms with Crippen molar-refractivity contribution < 1.29 is 37.3 Å². The molecule has 0 aliphatic heterocycles. The number of aliphatic hydroxyl groups is 1. The van der Waals surface area contributed by atoms with Gasteiger partial charge in [0.1, 0.15) is 17.3 Å². The number of rotatable bonds is 14. The summed E-state index contributed by atoms with van der Waals surface area (Å²) in [5.41, 5.74) is 1.71. The minimum atomic E-state index is -4.75. The second-order valence-electron chi connectivity index (χ2n) is 9.69. The van der Waals surface area contributed by atoms with Gasteiger partial charge in [0.25, 0.3) is 0 Å². The van der Waals surface area contributed by atoms with Gasteiger partial charge in [0.2, 0.25) is 0 Å². The number of aromatic nitrogens is 1. The lowest BCUT2D eigenvalue weighted by molar-refractivity contribution is -0.274. The lowest BCUT2D eigenvalue weighted by Gasteiger charge is -2.25. The number of anilines is 1. The molecule has 0 aliphatic carbocycles. The fourth-order valence-electron chi connectivity index (χ4n) is 3.96. The average Bonchev–Trinajstić information content (AvgIpc) is 2.91. The van der Waals surface area contributed by atoms with E-state index in [0.29, 0.717) is 38.1 Å². The number of hydrogen-bond acceptors (Lipinski definition) is 7. The molecule has 0 unspecified atom stereocenters. The summed E-state index contributed by atoms with van der Waals surface area (Å²) in [7, 11) is 0. The Labute approximate surface area is 232 Å². The Kier molecular flexibility index (Phi) is 10.8. The molecule has 1 N–H and O–H groups in total. The van der Waals surface area contributed by atoms with E-state index < -0.39 is 17.9 Å². The molecule has 40 heavy (non-hydrogen) atoms. The van der Waals surface area contributed by atoms with Gasteiger partial charge in [-0.1, -0.05) is 30.3 Å². The number of benzene rings is 2. The molecule has 1 heterocycles. The van der Waals surface area contributed by atoms with Crippen LogP contribution in [0.25, 0.3) is 0 Å². The summed E-state index contributed by atoms with van der Waals surface area (Å²) in [6.07, 6.45) is -0.954. The van der Waals surface area contributed by atoms with E-state index in [-0.39, 0.29) is 19.0 Å². The van der Waals surface area contributed by atoms with Crippen LogP contribution in [0.5, 0.6) is 11.5 Å². The van der Waals surface area contributed by atoms with Gasteiger partial charge >= 0.3 is 12.3 Å². The zero-order valence-corrected chi connectivity index (χ0v) is 22.9. The number of ether oxygens (including phenoxy) is 3. The SMILES string of the molecule is CCOC(=O)C(C)(C)Oc1ccc(CCN(Cc2ccc(OC(F)(F)F)cc2)c2ccc(CCCO)cn2)cc1. The molecule has 10 heteroatoms. The number of pyridine rings is 1. The topological polar surface area (TPSA) is 81.1 Å². The molecular formula is C30H35F3N2O5. The predicted octanol–water partition coefficient (Wildman–Crippen LogP) is 5.87. The fraction of sp³-hybridized carbons (Fsp3) is 0.400. The molecular weight excluding hydrogens is 525 g/mol. The van der Waals surface area contributed by atoms with E-state index >= 15 is 0 Å². The van der Waals surface area contributed by atoms with E-state index in [1.165, 1.54) is 12.1 Å². The molecule has 0 saturated carbocycles. The third-order valence-corrected chi connectivity index (χ3v) is 6.02. The Morgan fingerprint density at radius 2 is 1.48 bits per heavy atom. The van der Waals surface area contributed by atoms with Gasteiger partial charge in [0.05, 0.1) is 6.61 Å². The van der Waals surface area contributed by atoms with Crippen molar-refractivity contribution >= 4 is 11.8 Å². The predicted molar refractivity (Wildman–Crippen MR) is 145 cm³/mol. The number of aliphatic hydroxyl groups excluding tert-OH is 1. The molecule has 0 fully saturated rings. The highest BCUT2D eigenvalue weighted by molar-refractivity contribution is 5.79. The van der Waals surface area contributed by atoms with E-state index in [1.54, 1.807) is 51.2 Å². The van der Waals surface area contributed by atoms with Crippen LogP contribution in [0.2, 0.25) is 0 Å². The zero-order valence-electron chi connectivity index (χ0n) is 22.9. The van der Waals surface area contributed by atoms with Crippen molar-refractivity contribution in [2.24, 2.45) is 0 Å². The minimum absolute atomic E-state index is 0.103. The number of alkyl halides is 3. The molecule has 0 radical (unpaired) electrons. The van der Waals surface area contributed by atoms with E-state index in [4.69, 9.17) is 14.6 Å². The van der Waals surface area contributed by atoms with Crippen LogP contribution in [0.15, 0.2) is 66.9 Å². The lowest BCUT2D eigenvalue weighted by Crippen LogP contribution is -2.39. The van der Waals surface area contributed by atoms with Gasteiger partial charge < -0.3 is 24.2 Å². The van der Waals surface area contributed by atoms with Crippen LogP contribution in [-0.2, 0) is 28.9 Å². The summed E-state index contributed by atoms with van der Waals surface area (Å²) in [5.74, 6) is 0.546.